The summed E-state index contributed by atoms with van der Waals surface area (Å²) in [6, 6.07) is 12.8. The zero-order valence-electron chi connectivity index (χ0n) is 13.0. The second kappa shape index (κ2) is 6.24. The molecule has 2 atom stereocenters. The number of nitrogens with one attached hydrogen (secondary N) is 2. The van der Waals surface area contributed by atoms with Gasteiger partial charge in [0.15, 0.2) is 0 Å². The van der Waals surface area contributed by atoms with Gasteiger partial charge < -0.3 is 5.32 Å². The molecule has 2 aromatic rings. The van der Waals surface area contributed by atoms with Crippen molar-refractivity contribution in [3.8, 4) is 0 Å². The molecule has 0 spiro atoms. The Bertz CT molecular complexity index is 866. The third-order valence-corrected chi connectivity index (χ3v) is 4.50. The monoisotopic (exact) mass is 348 g/mol. The Balaban J connectivity index is 1.69. The predicted molar refractivity (Wildman–Crippen MR) is 90.8 cm³/mol. The van der Waals surface area contributed by atoms with Gasteiger partial charge in [-0.1, -0.05) is 24.3 Å². The summed E-state index contributed by atoms with van der Waals surface area (Å²) in [5.74, 6) is -0.601. The van der Waals surface area contributed by atoms with Gasteiger partial charge in [0.05, 0.1) is 17.6 Å². The van der Waals surface area contributed by atoms with Gasteiger partial charge in [-0.2, -0.15) is 0 Å². The standard InChI is InChI=1S/C17H17FN2O3S/c1-24(22,23)20-16-5-3-2-4-15(16)19-17(21)14-10-13(14)11-6-8-12(18)9-7-11/h2-9,13-14,20H,10H2,1H3,(H,19,21)/t13-,14+/m1/s1. The van der Waals surface area contributed by atoms with Crippen molar-refractivity contribution in [2.75, 3.05) is 16.3 Å². The van der Waals surface area contributed by atoms with E-state index in [1.807, 2.05) is 0 Å². The molecule has 1 amide bonds. The van der Waals surface area contributed by atoms with Crippen LogP contribution in [0.5, 0.6) is 0 Å². The molecule has 7 heteroatoms. The van der Waals surface area contributed by atoms with Crippen LogP contribution >= 0.6 is 0 Å². The SMILES string of the molecule is CS(=O)(=O)Nc1ccccc1NC(=O)[C@H]1C[C@@H]1c1ccc(F)cc1. The highest BCUT2D eigenvalue weighted by Gasteiger charge is 2.44. The molecule has 0 aliphatic heterocycles. The fraction of sp³-hybridized carbons (Fsp3) is 0.235. The minimum atomic E-state index is -3.43. The third-order valence-electron chi connectivity index (χ3n) is 3.91. The molecule has 3 rings (SSSR count). The second-order valence-electron chi connectivity index (χ2n) is 5.91. The van der Waals surface area contributed by atoms with E-state index in [0.29, 0.717) is 17.8 Å². The molecule has 1 aliphatic rings. The molecule has 0 saturated heterocycles. The molecule has 0 heterocycles. The Morgan fingerprint density at radius 3 is 2.33 bits per heavy atom. The molecule has 2 N–H and O–H groups in total. The first-order chi connectivity index (χ1) is 11.3. The Labute approximate surface area is 139 Å². The van der Waals surface area contributed by atoms with Gasteiger partial charge in [-0.25, -0.2) is 12.8 Å². The van der Waals surface area contributed by atoms with E-state index in [0.717, 1.165) is 11.8 Å². The number of hydrogen-bond donors (Lipinski definition) is 2. The van der Waals surface area contributed by atoms with Crippen molar-refractivity contribution in [1.82, 2.24) is 0 Å². The number of carbonyl (C=O) groups excluding carboxylic acids is 1. The number of anilines is 2. The van der Waals surface area contributed by atoms with E-state index in [9.17, 15) is 17.6 Å². The molecule has 1 fully saturated rings. The lowest BCUT2D eigenvalue weighted by molar-refractivity contribution is -0.117. The minimum absolute atomic E-state index is 0.0700. The minimum Gasteiger partial charge on any atom is -0.324 e. The number of para-hydroxylation sites is 2. The van der Waals surface area contributed by atoms with Crippen LogP contribution in [0.2, 0.25) is 0 Å². The number of halogens is 1. The topological polar surface area (TPSA) is 75.3 Å². The van der Waals surface area contributed by atoms with Crippen LogP contribution in [0, 0.1) is 11.7 Å². The van der Waals surface area contributed by atoms with E-state index < -0.39 is 10.0 Å². The van der Waals surface area contributed by atoms with Crippen molar-refractivity contribution in [2.45, 2.75) is 12.3 Å². The van der Waals surface area contributed by atoms with Crippen LogP contribution < -0.4 is 10.0 Å². The van der Waals surface area contributed by atoms with E-state index in [1.165, 1.54) is 12.1 Å². The normalized spacial score (nSPS) is 19.6. The summed E-state index contributed by atoms with van der Waals surface area (Å²) in [5, 5.41) is 2.77. The lowest BCUT2D eigenvalue weighted by Gasteiger charge is -2.11. The van der Waals surface area contributed by atoms with Gasteiger partial charge in [-0.05, 0) is 42.2 Å². The number of sulfonamides is 1. The van der Waals surface area contributed by atoms with Crippen molar-refractivity contribution in [1.29, 1.82) is 0 Å². The van der Waals surface area contributed by atoms with E-state index in [1.54, 1.807) is 36.4 Å². The highest BCUT2D eigenvalue weighted by molar-refractivity contribution is 7.92. The summed E-state index contributed by atoms with van der Waals surface area (Å²) in [4.78, 5) is 12.4. The maximum absolute atomic E-state index is 13.0. The van der Waals surface area contributed by atoms with E-state index in [4.69, 9.17) is 0 Å². The summed E-state index contributed by atoms with van der Waals surface area (Å²) in [6.07, 6.45) is 1.75. The average Bonchev–Trinajstić information content (AvgIpc) is 3.29. The van der Waals surface area contributed by atoms with Gasteiger partial charge >= 0.3 is 0 Å². The van der Waals surface area contributed by atoms with Crippen molar-refractivity contribution in [3.05, 3.63) is 59.9 Å². The number of rotatable bonds is 5. The lowest BCUT2D eigenvalue weighted by Crippen LogP contribution is -2.17. The Kier molecular flexibility index (Phi) is 4.28. The van der Waals surface area contributed by atoms with Gasteiger partial charge in [0.1, 0.15) is 5.82 Å². The third kappa shape index (κ3) is 3.91. The van der Waals surface area contributed by atoms with Gasteiger partial charge in [0, 0.05) is 5.92 Å². The molecule has 5 nitrogen and oxygen atoms in total. The summed E-state index contributed by atoms with van der Waals surface area (Å²) in [6.45, 7) is 0. The van der Waals surface area contributed by atoms with Crippen molar-refractivity contribution in [2.24, 2.45) is 5.92 Å². The summed E-state index contributed by atoms with van der Waals surface area (Å²) in [7, 11) is -3.43. The van der Waals surface area contributed by atoms with E-state index in [-0.39, 0.29) is 23.6 Å². The number of amides is 1. The summed E-state index contributed by atoms with van der Waals surface area (Å²) >= 11 is 0. The van der Waals surface area contributed by atoms with Gasteiger partial charge in [-0.15, -0.1) is 0 Å². The highest BCUT2D eigenvalue weighted by atomic mass is 32.2. The molecular formula is C17H17FN2O3S. The molecular weight excluding hydrogens is 331 g/mol. The molecule has 1 aliphatic carbocycles. The van der Waals surface area contributed by atoms with E-state index >= 15 is 0 Å². The Morgan fingerprint density at radius 1 is 1.08 bits per heavy atom. The van der Waals surface area contributed by atoms with Gasteiger partial charge in [-0.3, -0.25) is 9.52 Å². The van der Waals surface area contributed by atoms with Crippen LogP contribution in [0.4, 0.5) is 15.8 Å². The van der Waals surface area contributed by atoms with Crippen LogP contribution in [-0.4, -0.2) is 20.6 Å². The number of carbonyl (C=O) groups is 1. The van der Waals surface area contributed by atoms with Crippen molar-refractivity contribution >= 4 is 27.3 Å². The quantitative estimate of drug-likeness (QED) is 0.872. The van der Waals surface area contributed by atoms with Crippen molar-refractivity contribution in [3.63, 3.8) is 0 Å². The molecule has 2 aromatic carbocycles. The van der Waals surface area contributed by atoms with Crippen LogP contribution in [0.25, 0.3) is 0 Å². The number of benzene rings is 2. The summed E-state index contributed by atoms with van der Waals surface area (Å²) < 4.78 is 38.1. The molecule has 1 saturated carbocycles. The highest BCUT2D eigenvalue weighted by Crippen LogP contribution is 2.48. The number of hydrogen-bond acceptors (Lipinski definition) is 3. The average molecular weight is 348 g/mol. The molecule has 24 heavy (non-hydrogen) atoms. The molecule has 0 unspecified atom stereocenters. The fourth-order valence-corrected chi connectivity index (χ4v) is 3.25. The largest absolute Gasteiger partial charge is 0.324 e. The molecule has 0 radical (unpaired) electrons. The molecule has 126 valence electrons. The van der Waals surface area contributed by atoms with Gasteiger partial charge in [0.25, 0.3) is 0 Å². The lowest BCUT2D eigenvalue weighted by atomic mass is 10.1. The first-order valence-corrected chi connectivity index (χ1v) is 9.36. The van der Waals surface area contributed by atoms with Crippen LogP contribution in [0.3, 0.4) is 0 Å². The summed E-state index contributed by atoms with van der Waals surface area (Å²) in [5.41, 5.74) is 1.67. The zero-order valence-corrected chi connectivity index (χ0v) is 13.8. The fourth-order valence-electron chi connectivity index (χ4n) is 2.67. The van der Waals surface area contributed by atoms with Crippen LogP contribution in [0.1, 0.15) is 17.9 Å². The maximum atomic E-state index is 13.0. The van der Waals surface area contributed by atoms with E-state index in [2.05, 4.69) is 10.0 Å². The van der Waals surface area contributed by atoms with Crippen LogP contribution in [0.15, 0.2) is 48.5 Å². The first-order valence-electron chi connectivity index (χ1n) is 7.46. The molecule has 0 aromatic heterocycles. The Hall–Kier alpha value is -2.41. The van der Waals surface area contributed by atoms with Crippen LogP contribution in [-0.2, 0) is 14.8 Å². The predicted octanol–water partition coefficient (Wildman–Crippen LogP) is 2.94. The maximum Gasteiger partial charge on any atom is 0.229 e. The smallest absolute Gasteiger partial charge is 0.229 e. The van der Waals surface area contributed by atoms with Gasteiger partial charge in [0.2, 0.25) is 15.9 Å². The zero-order chi connectivity index (χ0) is 17.3. The molecule has 0 bridgehead atoms. The first kappa shape index (κ1) is 16.4. The van der Waals surface area contributed by atoms with Crippen molar-refractivity contribution < 1.29 is 17.6 Å². The Morgan fingerprint density at radius 2 is 1.71 bits per heavy atom. The second-order valence-corrected chi connectivity index (χ2v) is 7.66.